The number of nitrogens with zero attached hydrogens (tertiary/aromatic N) is 2. The number of nitrogens with one attached hydrogen (secondary N) is 1. The van der Waals surface area contributed by atoms with Crippen LogP contribution in [-0.2, 0) is 21.7 Å². The minimum atomic E-state index is -1.39. The number of halogens is 1. The van der Waals surface area contributed by atoms with Crippen molar-refractivity contribution in [3.63, 3.8) is 0 Å². The van der Waals surface area contributed by atoms with Crippen molar-refractivity contribution < 1.29 is 18.3 Å². The molecule has 0 saturated heterocycles. The number of benzene rings is 2. The number of carbonyl (C=O) groups excluding carboxylic acids is 1. The first kappa shape index (κ1) is 19.8. The molecule has 2 atom stereocenters. The molecule has 0 saturated carbocycles. The summed E-state index contributed by atoms with van der Waals surface area (Å²) in [5, 5.41) is 1.79. The van der Waals surface area contributed by atoms with Crippen molar-refractivity contribution in [2.75, 3.05) is 0 Å². The monoisotopic (exact) mass is 407 g/mol. The smallest absolute Gasteiger partial charge is 0.295 e. The van der Waals surface area contributed by atoms with E-state index in [9.17, 15) is 9.18 Å². The summed E-state index contributed by atoms with van der Waals surface area (Å²) in [7, 11) is 0. The number of hydrogen-bond acceptors (Lipinski definition) is 6. The van der Waals surface area contributed by atoms with E-state index in [-0.39, 0.29) is 17.7 Å². The maximum atomic E-state index is 13.5. The van der Waals surface area contributed by atoms with E-state index >= 15 is 0 Å². The Hall–Kier alpha value is -3.45. The fourth-order valence-corrected chi connectivity index (χ4v) is 3.91. The highest BCUT2D eigenvalue weighted by molar-refractivity contribution is 5.45. The molecule has 1 aromatic heterocycles. The van der Waals surface area contributed by atoms with Crippen LogP contribution in [0.3, 0.4) is 0 Å². The Morgan fingerprint density at radius 3 is 2.60 bits per heavy atom. The highest BCUT2D eigenvalue weighted by Gasteiger charge is 2.55. The van der Waals surface area contributed by atoms with Crippen molar-refractivity contribution in [3.05, 3.63) is 101 Å². The lowest BCUT2D eigenvalue weighted by Crippen LogP contribution is -2.51. The van der Waals surface area contributed by atoms with Crippen LogP contribution in [0, 0.1) is 5.82 Å². The third-order valence-electron chi connectivity index (χ3n) is 5.39. The van der Waals surface area contributed by atoms with Crippen molar-refractivity contribution in [1.29, 1.82) is 0 Å². The number of allylic oxidation sites excluding steroid dienone is 1. The third kappa shape index (κ3) is 3.37. The van der Waals surface area contributed by atoms with Gasteiger partial charge in [0.2, 0.25) is 0 Å². The maximum absolute atomic E-state index is 13.5. The molecular formula is C23H22FN3O3. The predicted octanol–water partition coefficient (Wildman–Crippen LogP) is 4.24. The van der Waals surface area contributed by atoms with Gasteiger partial charge < -0.3 is 14.6 Å². The molecule has 30 heavy (non-hydrogen) atoms. The van der Waals surface area contributed by atoms with Crippen molar-refractivity contribution in [1.82, 2.24) is 15.4 Å². The summed E-state index contributed by atoms with van der Waals surface area (Å²) in [4.78, 5) is 16.0. The molecule has 0 radical (unpaired) electrons. The van der Waals surface area contributed by atoms with Crippen LogP contribution in [0.2, 0.25) is 0 Å². The predicted molar refractivity (Wildman–Crippen MR) is 108 cm³/mol. The topological polar surface area (TPSA) is 67.6 Å². The van der Waals surface area contributed by atoms with Crippen LogP contribution in [0.1, 0.15) is 36.9 Å². The lowest BCUT2D eigenvalue weighted by atomic mass is 9.93. The molecule has 0 fully saturated rings. The van der Waals surface area contributed by atoms with Crippen LogP contribution in [0.4, 0.5) is 4.39 Å². The van der Waals surface area contributed by atoms with Crippen molar-refractivity contribution in [3.8, 4) is 0 Å². The zero-order chi connectivity index (χ0) is 21.1. The summed E-state index contributed by atoms with van der Waals surface area (Å²) >= 11 is 0. The molecule has 3 aromatic rings. The summed E-state index contributed by atoms with van der Waals surface area (Å²) in [5.74, 6) is -0.0821. The van der Waals surface area contributed by atoms with Gasteiger partial charge in [-0.15, -0.1) is 0 Å². The highest BCUT2D eigenvalue weighted by Crippen LogP contribution is 2.46. The minimum absolute atomic E-state index is 0.235. The van der Waals surface area contributed by atoms with Gasteiger partial charge >= 0.3 is 0 Å². The standard InChI is InChI=1S/C23H22FN3O3/c1-16-21(14-18-6-4-3-5-7-18)23(30-15-28,22-25-12-13-29-22)27(26-16)17(2)19-8-10-20(24)11-9-19/h3-13,15,17,26H,14H2,1-2H3. The first-order valence-electron chi connectivity index (χ1n) is 9.63. The number of ether oxygens (including phenoxy) is 1. The van der Waals surface area contributed by atoms with Crippen LogP contribution in [0.25, 0.3) is 0 Å². The van der Waals surface area contributed by atoms with Crippen LogP contribution in [0.15, 0.2) is 82.7 Å². The van der Waals surface area contributed by atoms with Gasteiger partial charge in [-0.2, -0.15) is 5.01 Å². The lowest BCUT2D eigenvalue weighted by molar-refractivity contribution is -0.178. The van der Waals surface area contributed by atoms with E-state index in [2.05, 4.69) is 10.4 Å². The second-order valence-corrected chi connectivity index (χ2v) is 7.17. The third-order valence-corrected chi connectivity index (χ3v) is 5.39. The van der Waals surface area contributed by atoms with Gasteiger partial charge in [0.05, 0.1) is 12.2 Å². The highest BCUT2D eigenvalue weighted by atomic mass is 19.1. The Kier molecular flexibility index (Phi) is 5.37. The Labute approximate surface area is 174 Å². The van der Waals surface area contributed by atoms with Gasteiger partial charge in [0.1, 0.15) is 12.1 Å². The molecule has 0 aliphatic carbocycles. The molecule has 2 heterocycles. The molecule has 2 unspecified atom stereocenters. The Morgan fingerprint density at radius 2 is 1.97 bits per heavy atom. The number of oxazole rings is 1. The quantitative estimate of drug-likeness (QED) is 0.591. The number of rotatable bonds is 7. The van der Waals surface area contributed by atoms with E-state index in [1.54, 1.807) is 17.1 Å². The van der Waals surface area contributed by atoms with Crippen LogP contribution >= 0.6 is 0 Å². The molecule has 6 nitrogen and oxygen atoms in total. The van der Waals surface area contributed by atoms with Gasteiger partial charge in [0.25, 0.3) is 18.1 Å². The van der Waals surface area contributed by atoms with Crippen LogP contribution < -0.4 is 5.43 Å². The molecule has 0 bridgehead atoms. The molecule has 2 aromatic carbocycles. The molecule has 7 heteroatoms. The van der Waals surface area contributed by atoms with E-state index in [0.29, 0.717) is 12.9 Å². The van der Waals surface area contributed by atoms with E-state index in [1.807, 2.05) is 44.2 Å². The fraction of sp³-hybridized carbons (Fsp3) is 0.217. The van der Waals surface area contributed by atoms with Gasteiger partial charge in [-0.3, -0.25) is 4.79 Å². The summed E-state index contributed by atoms with van der Waals surface area (Å²) in [6, 6.07) is 15.8. The van der Waals surface area contributed by atoms with E-state index in [0.717, 1.165) is 22.4 Å². The van der Waals surface area contributed by atoms with E-state index in [1.165, 1.54) is 24.6 Å². The van der Waals surface area contributed by atoms with Crippen LogP contribution in [0.5, 0.6) is 0 Å². The summed E-state index contributed by atoms with van der Waals surface area (Å²) in [6.45, 7) is 4.26. The number of carbonyl (C=O) groups is 1. The number of aromatic nitrogens is 1. The van der Waals surface area contributed by atoms with Crippen molar-refractivity contribution in [2.24, 2.45) is 0 Å². The van der Waals surface area contributed by atoms with Gasteiger partial charge in [0, 0.05) is 17.7 Å². The second kappa shape index (κ2) is 8.12. The number of hydrogen-bond donors (Lipinski definition) is 1. The molecule has 4 rings (SSSR count). The van der Waals surface area contributed by atoms with Gasteiger partial charge in [-0.1, -0.05) is 42.5 Å². The summed E-state index contributed by atoms with van der Waals surface area (Å²) < 4.78 is 24.9. The SMILES string of the molecule is CC1=C(Cc2ccccc2)C(OC=O)(c2ncco2)N(C(C)c2ccc(F)cc2)N1. The average molecular weight is 407 g/mol. The largest absolute Gasteiger partial charge is 0.444 e. The molecule has 1 aliphatic heterocycles. The Bertz CT molecular complexity index is 1040. The van der Waals surface area contributed by atoms with Gasteiger partial charge in [0.15, 0.2) is 0 Å². The van der Waals surface area contributed by atoms with E-state index < -0.39 is 5.72 Å². The zero-order valence-corrected chi connectivity index (χ0v) is 16.7. The molecule has 1 N–H and O–H groups in total. The van der Waals surface area contributed by atoms with E-state index in [4.69, 9.17) is 9.15 Å². The molecule has 1 aliphatic rings. The summed E-state index contributed by atoms with van der Waals surface area (Å²) in [6.07, 6.45) is 3.47. The van der Waals surface area contributed by atoms with Crippen molar-refractivity contribution in [2.45, 2.75) is 32.0 Å². The Morgan fingerprint density at radius 1 is 1.23 bits per heavy atom. The molecule has 0 spiro atoms. The zero-order valence-electron chi connectivity index (χ0n) is 16.7. The Balaban J connectivity index is 1.82. The molecule has 0 amide bonds. The normalized spacial score (nSPS) is 20.1. The second-order valence-electron chi connectivity index (χ2n) is 7.17. The summed E-state index contributed by atoms with van der Waals surface area (Å²) in [5.41, 5.74) is 5.46. The van der Waals surface area contributed by atoms with Crippen molar-refractivity contribution >= 4 is 6.47 Å². The first-order valence-corrected chi connectivity index (χ1v) is 9.63. The molecular weight excluding hydrogens is 385 g/mol. The lowest BCUT2D eigenvalue weighted by Gasteiger charge is -2.39. The van der Waals surface area contributed by atoms with Crippen LogP contribution in [-0.4, -0.2) is 16.5 Å². The van der Waals surface area contributed by atoms with Gasteiger partial charge in [-0.25, -0.2) is 9.37 Å². The average Bonchev–Trinajstić information content (AvgIpc) is 3.38. The number of hydrazine groups is 1. The van der Waals surface area contributed by atoms with Gasteiger partial charge in [-0.05, 0) is 37.1 Å². The molecule has 154 valence electrons. The fourth-order valence-electron chi connectivity index (χ4n) is 3.91. The minimum Gasteiger partial charge on any atom is -0.444 e. The maximum Gasteiger partial charge on any atom is 0.295 e. The first-order chi connectivity index (χ1) is 14.6.